The molecule has 8 nitrogen and oxygen atoms in total. The van der Waals surface area contributed by atoms with Crippen molar-refractivity contribution in [2.45, 2.75) is 38.7 Å². The predicted molar refractivity (Wildman–Crippen MR) is 112 cm³/mol. The normalized spacial score (nSPS) is 19.1. The van der Waals surface area contributed by atoms with E-state index in [0.717, 1.165) is 54.5 Å². The van der Waals surface area contributed by atoms with Crippen LogP contribution < -0.4 is 14.8 Å². The van der Waals surface area contributed by atoms with Crippen molar-refractivity contribution in [2.75, 3.05) is 19.5 Å². The Balaban J connectivity index is 1.87. The Morgan fingerprint density at radius 1 is 1.30 bits per heavy atom. The van der Waals surface area contributed by atoms with E-state index in [1.54, 1.807) is 32.6 Å². The number of nitrogens with one attached hydrogen (secondary N) is 2. The third kappa shape index (κ3) is 3.65. The number of H-pyrrole nitrogens is 1. The zero-order valence-electron chi connectivity index (χ0n) is 17.4. The van der Waals surface area contributed by atoms with Crippen LogP contribution in [0, 0.1) is 12.8 Å². The molecule has 1 saturated carbocycles. The second-order valence-corrected chi connectivity index (χ2v) is 7.85. The number of nitrogens with zero attached hydrogens (tertiary/aromatic N) is 2. The van der Waals surface area contributed by atoms with Gasteiger partial charge in [0, 0.05) is 47.6 Å². The molecule has 1 atom stereocenters. The quantitative estimate of drug-likeness (QED) is 0.714. The van der Waals surface area contributed by atoms with Crippen molar-refractivity contribution in [1.29, 1.82) is 0 Å². The van der Waals surface area contributed by atoms with Crippen LogP contribution in [0.25, 0.3) is 5.57 Å². The Labute approximate surface area is 175 Å². The maximum atomic E-state index is 12.8. The molecule has 0 radical (unpaired) electrons. The fraction of sp³-hybridized carbons (Fsp3) is 0.409. The largest absolute Gasteiger partial charge is 0.497 e. The molecule has 0 bridgehead atoms. The molecule has 2 amide bonds. The van der Waals surface area contributed by atoms with Gasteiger partial charge in [-0.2, -0.15) is 5.10 Å². The van der Waals surface area contributed by atoms with E-state index in [4.69, 9.17) is 9.47 Å². The van der Waals surface area contributed by atoms with Crippen LogP contribution in [0.1, 0.15) is 42.5 Å². The number of aromatic amines is 1. The number of hydrogen-bond donors (Lipinski definition) is 2. The predicted octanol–water partition coefficient (Wildman–Crippen LogP) is 3.09. The molecule has 1 aliphatic carbocycles. The van der Waals surface area contributed by atoms with Crippen molar-refractivity contribution in [2.24, 2.45) is 5.92 Å². The Bertz CT molecular complexity index is 991. The first kappa shape index (κ1) is 20.0. The molecule has 2 N–H and O–H groups in total. The van der Waals surface area contributed by atoms with Gasteiger partial charge in [-0.05, 0) is 25.8 Å². The maximum absolute atomic E-state index is 12.8. The number of carbonyl (C=O) groups excluding carboxylic acids is 2. The summed E-state index contributed by atoms with van der Waals surface area (Å²) < 4.78 is 11.8. The van der Waals surface area contributed by atoms with Crippen molar-refractivity contribution < 1.29 is 19.1 Å². The minimum absolute atomic E-state index is 0.122. The number of fused-ring (bicyclic) bond motifs is 1. The third-order valence-corrected chi connectivity index (χ3v) is 5.80. The van der Waals surface area contributed by atoms with Gasteiger partial charge in [-0.3, -0.25) is 14.7 Å². The summed E-state index contributed by atoms with van der Waals surface area (Å²) in [6.07, 6.45) is 7.83. The lowest BCUT2D eigenvalue weighted by Gasteiger charge is -2.31. The van der Waals surface area contributed by atoms with Crippen LogP contribution in [0.15, 0.2) is 24.5 Å². The van der Waals surface area contributed by atoms with Crippen molar-refractivity contribution in [1.82, 2.24) is 15.1 Å². The van der Waals surface area contributed by atoms with Gasteiger partial charge in [0.15, 0.2) is 11.9 Å². The van der Waals surface area contributed by atoms with E-state index in [0.29, 0.717) is 17.2 Å². The van der Waals surface area contributed by atoms with Gasteiger partial charge in [0.2, 0.25) is 6.41 Å². The number of carbonyl (C=O) groups is 2. The molecule has 1 aromatic carbocycles. The summed E-state index contributed by atoms with van der Waals surface area (Å²) in [5, 5.41) is 10.1. The standard InChI is InChI=1S/C22H26N4O4/c1-13-17(10-23-25-13)18(11-26(2)12-27)16-8-15(29-3)9-19-21(16)30-20(22(28)24-19)14-6-4-5-7-14/h8-12,14,20H,4-7H2,1-3H3,(H,23,25)(H,24,28)/b18-11-. The Morgan fingerprint density at radius 3 is 2.70 bits per heavy atom. The zero-order chi connectivity index (χ0) is 21.3. The average Bonchev–Trinajstić information content (AvgIpc) is 3.42. The fourth-order valence-electron chi connectivity index (χ4n) is 4.24. The summed E-state index contributed by atoms with van der Waals surface area (Å²) >= 11 is 0. The number of ether oxygens (including phenoxy) is 2. The van der Waals surface area contributed by atoms with Gasteiger partial charge in [-0.25, -0.2) is 0 Å². The first-order chi connectivity index (χ1) is 14.5. The van der Waals surface area contributed by atoms with E-state index in [2.05, 4.69) is 15.5 Å². The van der Waals surface area contributed by atoms with Crippen molar-refractivity contribution >= 4 is 23.6 Å². The summed E-state index contributed by atoms with van der Waals surface area (Å²) in [4.78, 5) is 25.6. The molecule has 2 aromatic rings. The van der Waals surface area contributed by atoms with Crippen molar-refractivity contribution in [3.63, 3.8) is 0 Å². The fourth-order valence-corrected chi connectivity index (χ4v) is 4.24. The van der Waals surface area contributed by atoms with E-state index < -0.39 is 6.10 Å². The number of methoxy groups -OCH3 is 1. The monoisotopic (exact) mass is 410 g/mol. The number of anilines is 1. The highest BCUT2D eigenvalue weighted by molar-refractivity contribution is 6.00. The maximum Gasteiger partial charge on any atom is 0.265 e. The van der Waals surface area contributed by atoms with Gasteiger partial charge in [0.25, 0.3) is 5.91 Å². The molecule has 158 valence electrons. The lowest BCUT2D eigenvalue weighted by Crippen LogP contribution is -2.42. The van der Waals surface area contributed by atoms with Crippen LogP contribution in [0.4, 0.5) is 5.69 Å². The molecule has 30 heavy (non-hydrogen) atoms. The topological polar surface area (TPSA) is 96.6 Å². The highest BCUT2D eigenvalue weighted by atomic mass is 16.5. The average molecular weight is 410 g/mol. The van der Waals surface area contributed by atoms with Gasteiger partial charge in [-0.15, -0.1) is 0 Å². The number of amides is 2. The van der Waals surface area contributed by atoms with E-state index in [1.807, 2.05) is 13.0 Å². The van der Waals surface area contributed by atoms with Crippen molar-refractivity contribution in [3.05, 3.63) is 41.4 Å². The van der Waals surface area contributed by atoms with Gasteiger partial charge >= 0.3 is 0 Å². The van der Waals surface area contributed by atoms with Gasteiger partial charge < -0.3 is 19.7 Å². The summed E-state index contributed by atoms with van der Waals surface area (Å²) in [7, 11) is 3.24. The molecule has 8 heteroatoms. The Hall–Kier alpha value is -3.29. The highest BCUT2D eigenvalue weighted by Gasteiger charge is 2.38. The molecule has 1 aliphatic heterocycles. The van der Waals surface area contributed by atoms with Crippen LogP contribution in [0.5, 0.6) is 11.5 Å². The molecule has 2 heterocycles. The molecule has 4 rings (SSSR count). The van der Waals surface area contributed by atoms with E-state index >= 15 is 0 Å². The first-order valence-corrected chi connectivity index (χ1v) is 10.1. The van der Waals surface area contributed by atoms with Gasteiger partial charge in [-0.1, -0.05) is 12.8 Å². The molecule has 1 fully saturated rings. The van der Waals surface area contributed by atoms with E-state index in [9.17, 15) is 9.59 Å². The van der Waals surface area contributed by atoms with E-state index in [-0.39, 0.29) is 11.8 Å². The minimum atomic E-state index is -0.525. The van der Waals surface area contributed by atoms with Crippen LogP contribution >= 0.6 is 0 Å². The van der Waals surface area contributed by atoms with Crippen LogP contribution in [-0.4, -0.2) is 47.7 Å². The third-order valence-electron chi connectivity index (χ3n) is 5.80. The number of rotatable bonds is 6. The summed E-state index contributed by atoms with van der Waals surface area (Å²) in [5.41, 5.74) is 3.71. The number of aromatic nitrogens is 2. The molecular weight excluding hydrogens is 384 g/mol. The summed E-state index contributed by atoms with van der Waals surface area (Å²) in [5.74, 6) is 1.24. The van der Waals surface area contributed by atoms with Crippen molar-refractivity contribution in [3.8, 4) is 11.5 Å². The second-order valence-electron chi connectivity index (χ2n) is 7.85. The van der Waals surface area contributed by atoms with E-state index in [1.165, 1.54) is 4.90 Å². The second kappa shape index (κ2) is 8.22. The lowest BCUT2D eigenvalue weighted by atomic mass is 9.94. The molecule has 0 spiro atoms. The number of benzene rings is 1. The molecule has 1 unspecified atom stereocenters. The summed E-state index contributed by atoms with van der Waals surface area (Å²) in [6.45, 7) is 1.91. The SMILES string of the molecule is COc1cc2c(c(/C(=C/N(C)C=O)c3cn[nH]c3C)c1)OC(C1CCCC1)C(=O)N2. The zero-order valence-corrected chi connectivity index (χ0v) is 17.4. The number of hydrogen-bond acceptors (Lipinski definition) is 5. The molecule has 0 saturated heterocycles. The van der Waals surface area contributed by atoms with Crippen LogP contribution in [0.3, 0.4) is 0 Å². The minimum Gasteiger partial charge on any atom is -0.497 e. The lowest BCUT2D eigenvalue weighted by molar-refractivity contribution is -0.125. The Morgan fingerprint density at radius 2 is 2.07 bits per heavy atom. The van der Waals surface area contributed by atoms with Gasteiger partial charge in [0.1, 0.15) is 5.75 Å². The van der Waals surface area contributed by atoms with Crippen LogP contribution in [0.2, 0.25) is 0 Å². The van der Waals surface area contributed by atoms with Crippen LogP contribution in [-0.2, 0) is 9.59 Å². The van der Waals surface area contributed by atoms with Gasteiger partial charge in [0.05, 0.1) is 19.0 Å². The highest BCUT2D eigenvalue weighted by Crippen LogP contribution is 2.45. The smallest absolute Gasteiger partial charge is 0.265 e. The molecule has 2 aliphatic rings. The summed E-state index contributed by atoms with van der Waals surface area (Å²) in [6, 6.07) is 3.61. The Kier molecular flexibility index (Phi) is 5.48. The first-order valence-electron chi connectivity index (χ1n) is 10.1. The molecule has 1 aromatic heterocycles. The number of aryl methyl sites for hydroxylation is 1. The molecular formula is C22H26N4O4.